The first-order valence-corrected chi connectivity index (χ1v) is 4.50. The minimum absolute atomic E-state index is 0.639. The summed E-state index contributed by atoms with van der Waals surface area (Å²) >= 11 is 6.03. The summed E-state index contributed by atoms with van der Waals surface area (Å²) in [6.45, 7) is 0.639. The number of halogens is 1. The van der Waals surface area contributed by atoms with Crippen molar-refractivity contribution in [2.45, 2.75) is 6.42 Å². The van der Waals surface area contributed by atoms with Crippen LogP contribution in [0.15, 0.2) is 18.3 Å². The summed E-state index contributed by atoms with van der Waals surface area (Å²) in [6, 6.07) is 3.98. The third kappa shape index (κ3) is 1.53. The van der Waals surface area contributed by atoms with Gasteiger partial charge < -0.3 is 5.73 Å². The second kappa shape index (κ2) is 3.36. The van der Waals surface area contributed by atoms with Crippen LogP contribution in [0.1, 0.15) is 5.56 Å². The number of hydrogen-bond donors (Lipinski definition) is 2. The molecule has 13 heavy (non-hydrogen) atoms. The molecule has 4 heteroatoms. The van der Waals surface area contributed by atoms with Crippen molar-refractivity contribution in [1.29, 1.82) is 0 Å². The molecule has 0 aliphatic rings. The normalized spacial score (nSPS) is 10.9. The molecule has 1 aromatic heterocycles. The van der Waals surface area contributed by atoms with Crippen molar-refractivity contribution in [2.24, 2.45) is 5.73 Å². The Hall–Kier alpha value is -1.06. The minimum atomic E-state index is 0.639. The van der Waals surface area contributed by atoms with Crippen LogP contribution in [0.3, 0.4) is 0 Å². The van der Waals surface area contributed by atoms with Crippen LogP contribution < -0.4 is 5.73 Å². The lowest BCUT2D eigenvalue weighted by Gasteiger charge is -2.00. The van der Waals surface area contributed by atoms with Crippen LogP contribution in [-0.2, 0) is 6.42 Å². The summed E-state index contributed by atoms with van der Waals surface area (Å²) in [6.07, 6.45) is 2.61. The van der Waals surface area contributed by atoms with Gasteiger partial charge in [-0.25, -0.2) is 0 Å². The molecular formula is C9H10ClN3. The fourth-order valence-electron chi connectivity index (χ4n) is 1.38. The van der Waals surface area contributed by atoms with Crippen LogP contribution in [0, 0.1) is 0 Å². The van der Waals surface area contributed by atoms with E-state index >= 15 is 0 Å². The Labute approximate surface area is 80.9 Å². The third-order valence-corrected chi connectivity index (χ3v) is 2.29. The summed E-state index contributed by atoms with van der Waals surface area (Å²) in [5.41, 5.74) is 7.51. The number of nitrogens with zero attached hydrogens (tertiary/aromatic N) is 1. The molecular weight excluding hydrogens is 186 g/mol. The fraction of sp³-hybridized carbons (Fsp3) is 0.222. The Bertz CT molecular complexity index is 422. The van der Waals surface area contributed by atoms with Gasteiger partial charge in [-0.3, -0.25) is 5.10 Å². The summed E-state index contributed by atoms with van der Waals surface area (Å²) in [7, 11) is 0. The topological polar surface area (TPSA) is 54.7 Å². The quantitative estimate of drug-likeness (QED) is 0.767. The largest absolute Gasteiger partial charge is 0.330 e. The van der Waals surface area contributed by atoms with Crippen LogP contribution in [-0.4, -0.2) is 16.7 Å². The number of rotatable bonds is 2. The third-order valence-electron chi connectivity index (χ3n) is 1.99. The van der Waals surface area contributed by atoms with Gasteiger partial charge in [0.15, 0.2) is 0 Å². The Morgan fingerprint density at radius 2 is 2.31 bits per heavy atom. The van der Waals surface area contributed by atoms with Crippen molar-refractivity contribution in [2.75, 3.05) is 6.54 Å². The summed E-state index contributed by atoms with van der Waals surface area (Å²) in [5, 5.41) is 8.51. The summed E-state index contributed by atoms with van der Waals surface area (Å²) in [4.78, 5) is 0. The van der Waals surface area contributed by atoms with Crippen LogP contribution in [0.4, 0.5) is 0 Å². The Balaban J connectivity index is 2.56. The lowest BCUT2D eigenvalue weighted by Crippen LogP contribution is -2.02. The van der Waals surface area contributed by atoms with Gasteiger partial charge in [0.1, 0.15) is 0 Å². The average Bonchev–Trinajstić information content (AvgIpc) is 2.53. The standard InChI is InChI=1S/C9H10ClN3/c10-8-4-6(1-2-11)3-7-5-12-13-9(7)8/h3-5H,1-2,11H2,(H,12,13). The van der Waals surface area contributed by atoms with Crippen molar-refractivity contribution in [3.05, 3.63) is 28.9 Å². The van der Waals surface area contributed by atoms with Crippen LogP contribution in [0.25, 0.3) is 10.9 Å². The number of H-pyrrole nitrogens is 1. The van der Waals surface area contributed by atoms with Gasteiger partial charge in [-0.15, -0.1) is 0 Å². The Kier molecular flexibility index (Phi) is 2.20. The van der Waals surface area contributed by atoms with E-state index in [-0.39, 0.29) is 0 Å². The monoisotopic (exact) mass is 195 g/mol. The molecule has 3 N–H and O–H groups in total. The fourth-order valence-corrected chi connectivity index (χ4v) is 1.68. The van der Waals surface area contributed by atoms with E-state index in [9.17, 15) is 0 Å². The highest BCUT2D eigenvalue weighted by Crippen LogP contribution is 2.23. The van der Waals surface area contributed by atoms with Crippen molar-refractivity contribution in [3.63, 3.8) is 0 Å². The first kappa shape index (κ1) is 8.53. The predicted molar refractivity (Wildman–Crippen MR) is 53.9 cm³/mol. The molecule has 2 aromatic rings. The molecule has 0 spiro atoms. The smallest absolute Gasteiger partial charge is 0.0836 e. The van der Waals surface area contributed by atoms with E-state index in [2.05, 4.69) is 16.3 Å². The van der Waals surface area contributed by atoms with Gasteiger partial charge in [-0.05, 0) is 30.7 Å². The van der Waals surface area contributed by atoms with Gasteiger partial charge in [-0.2, -0.15) is 5.10 Å². The second-order valence-corrected chi connectivity index (χ2v) is 3.36. The Morgan fingerprint density at radius 3 is 3.08 bits per heavy atom. The Morgan fingerprint density at radius 1 is 1.46 bits per heavy atom. The zero-order valence-electron chi connectivity index (χ0n) is 7.05. The maximum atomic E-state index is 6.03. The van der Waals surface area contributed by atoms with Crippen LogP contribution >= 0.6 is 11.6 Å². The van der Waals surface area contributed by atoms with Gasteiger partial charge >= 0.3 is 0 Å². The zero-order chi connectivity index (χ0) is 9.26. The molecule has 0 saturated heterocycles. The molecule has 0 saturated carbocycles. The molecule has 2 rings (SSSR count). The van der Waals surface area contributed by atoms with E-state index in [1.807, 2.05) is 6.07 Å². The van der Waals surface area contributed by atoms with Gasteiger partial charge in [-0.1, -0.05) is 11.6 Å². The lowest BCUT2D eigenvalue weighted by atomic mass is 10.1. The number of aromatic amines is 1. The van der Waals surface area contributed by atoms with E-state index < -0.39 is 0 Å². The lowest BCUT2D eigenvalue weighted by molar-refractivity contribution is 0.971. The molecule has 1 aromatic carbocycles. The predicted octanol–water partition coefficient (Wildman–Crippen LogP) is 1.72. The van der Waals surface area contributed by atoms with Crippen molar-refractivity contribution < 1.29 is 0 Å². The van der Waals surface area contributed by atoms with E-state index in [0.29, 0.717) is 11.6 Å². The van der Waals surface area contributed by atoms with Gasteiger partial charge in [0.25, 0.3) is 0 Å². The highest BCUT2D eigenvalue weighted by atomic mass is 35.5. The SMILES string of the molecule is NCCc1cc(Cl)c2[nH]ncc2c1. The van der Waals surface area contributed by atoms with Crippen molar-refractivity contribution in [3.8, 4) is 0 Å². The van der Waals surface area contributed by atoms with Gasteiger partial charge in [0.2, 0.25) is 0 Å². The van der Waals surface area contributed by atoms with Crippen molar-refractivity contribution >= 4 is 22.5 Å². The van der Waals surface area contributed by atoms with E-state index in [1.54, 1.807) is 6.20 Å². The van der Waals surface area contributed by atoms with Crippen LogP contribution in [0.5, 0.6) is 0 Å². The summed E-state index contributed by atoms with van der Waals surface area (Å²) < 4.78 is 0. The number of fused-ring (bicyclic) bond motifs is 1. The molecule has 0 unspecified atom stereocenters. The molecule has 0 bridgehead atoms. The number of nitrogens with one attached hydrogen (secondary N) is 1. The maximum absolute atomic E-state index is 6.03. The second-order valence-electron chi connectivity index (χ2n) is 2.95. The average molecular weight is 196 g/mol. The highest BCUT2D eigenvalue weighted by molar-refractivity contribution is 6.35. The van der Waals surface area contributed by atoms with E-state index in [1.165, 1.54) is 0 Å². The molecule has 0 aliphatic heterocycles. The van der Waals surface area contributed by atoms with E-state index in [4.69, 9.17) is 17.3 Å². The highest BCUT2D eigenvalue weighted by Gasteiger charge is 2.02. The zero-order valence-corrected chi connectivity index (χ0v) is 7.80. The van der Waals surface area contributed by atoms with Crippen molar-refractivity contribution in [1.82, 2.24) is 10.2 Å². The van der Waals surface area contributed by atoms with E-state index in [0.717, 1.165) is 22.9 Å². The summed E-state index contributed by atoms with van der Waals surface area (Å²) in [5.74, 6) is 0. The molecule has 0 amide bonds. The number of aromatic nitrogens is 2. The number of nitrogens with two attached hydrogens (primary N) is 1. The molecule has 0 fully saturated rings. The molecule has 0 atom stereocenters. The number of hydrogen-bond acceptors (Lipinski definition) is 2. The van der Waals surface area contributed by atoms with Gasteiger partial charge in [0.05, 0.1) is 16.7 Å². The molecule has 3 nitrogen and oxygen atoms in total. The minimum Gasteiger partial charge on any atom is -0.330 e. The number of benzene rings is 1. The first-order valence-electron chi connectivity index (χ1n) is 4.13. The van der Waals surface area contributed by atoms with Gasteiger partial charge in [0, 0.05) is 5.39 Å². The molecule has 68 valence electrons. The first-order chi connectivity index (χ1) is 6.31. The molecule has 0 radical (unpaired) electrons. The molecule has 1 heterocycles. The van der Waals surface area contributed by atoms with Crippen LogP contribution in [0.2, 0.25) is 5.02 Å². The maximum Gasteiger partial charge on any atom is 0.0836 e. The molecule has 0 aliphatic carbocycles.